The molecular formula is C18H13N5. The van der Waals surface area contributed by atoms with Crippen LogP contribution in [0.2, 0.25) is 0 Å². The van der Waals surface area contributed by atoms with Crippen molar-refractivity contribution in [3.63, 3.8) is 0 Å². The fourth-order valence-electron chi connectivity index (χ4n) is 2.79. The van der Waals surface area contributed by atoms with Gasteiger partial charge in [0.2, 0.25) is 0 Å². The maximum Gasteiger partial charge on any atom is 0.137 e. The highest BCUT2D eigenvalue weighted by Crippen LogP contribution is 2.27. The zero-order chi connectivity index (χ0) is 15.8. The van der Waals surface area contributed by atoms with Crippen molar-refractivity contribution in [2.24, 2.45) is 0 Å². The van der Waals surface area contributed by atoms with Crippen molar-refractivity contribution in [2.45, 2.75) is 6.92 Å². The van der Waals surface area contributed by atoms with Crippen molar-refractivity contribution < 1.29 is 0 Å². The van der Waals surface area contributed by atoms with Gasteiger partial charge in [-0.2, -0.15) is 10.4 Å². The number of fused-ring (bicyclic) bond motifs is 1. The van der Waals surface area contributed by atoms with Gasteiger partial charge in [-0.15, -0.1) is 0 Å². The zero-order valence-corrected chi connectivity index (χ0v) is 12.5. The number of H-pyrrole nitrogens is 1. The lowest BCUT2D eigenvalue weighted by Crippen LogP contribution is -1.97. The highest BCUT2D eigenvalue weighted by molar-refractivity contribution is 5.92. The van der Waals surface area contributed by atoms with Crippen LogP contribution in [-0.2, 0) is 0 Å². The number of aromatic amines is 1. The predicted octanol–water partition coefficient (Wildman–Crippen LogP) is 3.60. The topological polar surface area (TPSA) is 70.3 Å². The first-order chi connectivity index (χ1) is 11.3. The fraction of sp³-hybridized carbons (Fsp3) is 0.0556. The second kappa shape index (κ2) is 5.11. The molecule has 110 valence electrons. The SMILES string of the molecule is Cc1cc(C#N)ccc1-n1cc(-c2ccnc3[nH]ccc23)cn1. The average molecular weight is 299 g/mol. The zero-order valence-electron chi connectivity index (χ0n) is 12.5. The number of pyridine rings is 1. The van der Waals surface area contributed by atoms with Crippen LogP contribution in [0.5, 0.6) is 0 Å². The molecule has 5 nitrogen and oxygen atoms in total. The van der Waals surface area contributed by atoms with E-state index in [-0.39, 0.29) is 0 Å². The van der Waals surface area contributed by atoms with Crippen LogP contribution in [0, 0.1) is 18.3 Å². The minimum Gasteiger partial charge on any atom is -0.346 e. The van der Waals surface area contributed by atoms with E-state index in [1.54, 1.807) is 12.3 Å². The first-order valence-corrected chi connectivity index (χ1v) is 7.24. The Hall–Kier alpha value is -3.39. The molecule has 4 aromatic rings. The molecule has 0 unspecified atom stereocenters. The van der Waals surface area contributed by atoms with E-state index in [9.17, 15) is 0 Å². The Balaban J connectivity index is 1.81. The molecule has 0 radical (unpaired) electrons. The summed E-state index contributed by atoms with van der Waals surface area (Å²) in [6.07, 6.45) is 7.52. The Labute approximate surface area is 132 Å². The van der Waals surface area contributed by atoms with Crippen molar-refractivity contribution >= 4 is 11.0 Å². The van der Waals surface area contributed by atoms with E-state index >= 15 is 0 Å². The number of hydrogen-bond acceptors (Lipinski definition) is 3. The highest BCUT2D eigenvalue weighted by Gasteiger charge is 2.09. The van der Waals surface area contributed by atoms with Crippen LogP contribution < -0.4 is 0 Å². The number of nitrogens with zero attached hydrogens (tertiary/aromatic N) is 4. The Bertz CT molecular complexity index is 1050. The second-order valence-corrected chi connectivity index (χ2v) is 5.39. The number of rotatable bonds is 2. The molecule has 1 aromatic carbocycles. The third-order valence-electron chi connectivity index (χ3n) is 3.93. The molecule has 0 atom stereocenters. The molecule has 0 aliphatic rings. The summed E-state index contributed by atoms with van der Waals surface area (Å²) in [7, 11) is 0. The molecule has 4 rings (SSSR count). The van der Waals surface area contributed by atoms with E-state index in [2.05, 4.69) is 21.1 Å². The van der Waals surface area contributed by atoms with Gasteiger partial charge >= 0.3 is 0 Å². The van der Waals surface area contributed by atoms with Crippen molar-refractivity contribution in [2.75, 3.05) is 0 Å². The van der Waals surface area contributed by atoms with Crippen molar-refractivity contribution in [3.05, 3.63) is 66.2 Å². The van der Waals surface area contributed by atoms with Crippen LogP contribution in [0.4, 0.5) is 0 Å². The third-order valence-corrected chi connectivity index (χ3v) is 3.93. The first kappa shape index (κ1) is 13.3. The van der Waals surface area contributed by atoms with Crippen LogP contribution in [-0.4, -0.2) is 19.7 Å². The standard InChI is InChI=1S/C18H13N5/c1-12-8-13(9-19)2-3-17(12)23-11-14(10-22-23)15-4-6-20-18-16(15)5-7-21-18/h2-8,10-11H,1H3,(H,20,21). The lowest BCUT2D eigenvalue weighted by molar-refractivity contribution is 0.872. The van der Waals surface area contributed by atoms with E-state index in [1.165, 1.54) is 0 Å². The fourth-order valence-corrected chi connectivity index (χ4v) is 2.79. The Morgan fingerprint density at radius 2 is 2.13 bits per heavy atom. The van der Waals surface area contributed by atoms with Crippen molar-refractivity contribution in [1.29, 1.82) is 5.26 Å². The predicted molar refractivity (Wildman–Crippen MR) is 88.1 cm³/mol. The number of aromatic nitrogens is 4. The molecular weight excluding hydrogens is 286 g/mol. The van der Waals surface area contributed by atoms with Crippen LogP contribution in [0.25, 0.3) is 27.8 Å². The number of nitriles is 1. The number of nitrogens with one attached hydrogen (secondary N) is 1. The molecule has 3 heterocycles. The number of hydrogen-bond donors (Lipinski definition) is 1. The lowest BCUT2D eigenvalue weighted by Gasteiger charge is -2.05. The highest BCUT2D eigenvalue weighted by atomic mass is 15.3. The van der Waals surface area contributed by atoms with Gasteiger partial charge in [0.25, 0.3) is 0 Å². The van der Waals surface area contributed by atoms with Gasteiger partial charge in [-0.1, -0.05) is 0 Å². The van der Waals surface area contributed by atoms with E-state index < -0.39 is 0 Å². The van der Waals surface area contributed by atoms with Gasteiger partial charge in [-0.25, -0.2) is 9.67 Å². The molecule has 0 aliphatic heterocycles. The van der Waals surface area contributed by atoms with E-state index in [1.807, 2.05) is 54.5 Å². The number of aryl methyl sites for hydroxylation is 1. The van der Waals surface area contributed by atoms with Crippen LogP contribution in [0.15, 0.2) is 55.1 Å². The van der Waals surface area contributed by atoms with Crippen molar-refractivity contribution in [3.8, 4) is 22.9 Å². The maximum absolute atomic E-state index is 8.98. The van der Waals surface area contributed by atoms with E-state index in [0.717, 1.165) is 33.4 Å². The molecule has 0 saturated heterocycles. The largest absolute Gasteiger partial charge is 0.346 e. The van der Waals surface area contributed by atoms with Crippen LogP contribution in [0.3, 0.4) is 0 Å². The van der Waals surface area contributed by atoms with Gasteiger partial charge in [-0.3, -0.25) is 0 Å². The number of benzene rings is 1. The van der Waals surface area contributed by atoms with Gasteiger partial charge in [0.05, 0.1) is 23.5 Å². The monoisotopic (exact) mass is 299 g/mol. The van der Waals surface area contributed by atoms with Gasteiger partial charge in [0.15, 0.2) is 0 Å². The minimum absolute atomic E-state index is 0.654. The summed E-state index contributed by atoms with van der Waals surface area (Å²) in [6.45, 7) is 1.98. The molecule has 0 aliphatic carbocycles. The van der Waals surface area contributed by atoms with Crippen LogP contribution in [0.1, 0.15) is 11.1 Å². The average Bonchev–Trinajstić information content (AvgIpc) is 3.23. The summed E-state index contributed by atoms with van der Waals surface area (Å²) in [6, 6.07) is 11.8. The molecule has 23 heavy (non-hydrogen) atoms. The van der Waals surface area contributed by atoms with Gasteiger partial charge < -0.3 is 4.98 Å². The normalized spacial score (nSPS) is 10.8. The molecule has 0 amide bonds. The Kier molecular flexibility index (Phi) is 2.95. The second-order valence-electron chi connectivity index (χ2n) is 5.39. The minimum atomic E-state index is 0.654. The molecule has 3 aromatic heterocycles. The smallest absolute Gasteiger partial charge is 0.137 e. The van der Waals surface area contributed by atoms with Gasteiger partial charge in [0.1, 0.15) is 5.65 Å². The molecule has 0 bridgehead atoms. The third kappa shape index (κ3) is 2.17. The molecule has 5 heteroatoms. The molecule has 0 fully saturated rings. The summed E-state index contributed by atoms with van der Waals surface area (Å²) in [5, 5.41) is 14.5. The molecule has 1 N–H and O–H groups in total. The summed E-state index contributed by atoms with van der Waals surface area (Å²) in [4.78, 5) is 7.43. The van der Waals surface area contributed by atoms with Crippen molar-refractivity contribution in [1.82, 2.24) is 19.7 Å². The Morgan fingerprint density at radius 1 is 1.22 bits per heavy atom. The summed E-state index contributed by atoms with van der Waals surface area (Å²) in [5.41, 5.74) is 5.62. The molecule has 0 saturated carbocycles. The Morgan fingerprint density at radius 3 is 2.96 bits per heavy atom. The summed E-state index contributed by atoms with van der Waals surface area (Å²) >= 11 is 0. The summed E-state index contributed by atoms with van der Waals surface area (Å²) < 4.78 is 1.84. The van der Waals surface area contributed by atoms with Crippen LogP contribution >= 0.6 is 0 Å². The molecule has 0 spiro atoms. The first-order valence-electron chi connectivity index (χ1n) is 7.24. The van der Waals surface area contributed by atoms with Gasteiger partial charge in [0, 0.05) is 29.5 Å². The van der Waals surface area contributed by atoms with E-state index in [4.69, 9.17) is 5.26 Å². The van der Waals surface area contributed by atoms with E-state index in [0.29, 0.717) is 5.56 Å². The lowest BCUT2D eigenvalue weighted by atomic mass is 10.1. The van der Waals surface area contributed by atoms with Gasteiger partial charge in [-0.05, 0) is 48.4 Å². The maximum atomic E-state index is 8.98. The summed E-state index contributed by atoms with van der Waals surface area (Å²) in [5.74, 6) is 0. The quantitative estimate of drug-likeness (QED) is 0.615.